The van der Waals surface area contributed by atoms with Gasteiger partial charge in [0.15, 0.2) is 6.10 Å². The number of ether oxygens (including phenoxy) is 2. The summed E-state index contributed by atoms with van der Waals surface area (Å²) < 4.78 is 24.8. The summed E-state index contributed by atoms with van der Waals surface area (Å²) in [6, 6.07) is 13.7. The number of halogens is 1. The number of nitrogens with zero attached hydrogens (tertiary/aromatic N) is 1. The smallest absolute Gasteiger partial charge is 0.317 e. The number of carbonyl (C=O) groups is 2. The Balaban J connectivity index is 1.39. The highest BCUT2D eigenvalue weighted by atomic mass is 19.1. The van der Waals surface area contributed by atoms with E-state index < -0.39 is 23.4 Å². The minimum Gasteiger partial charge on any atom is -0.452 e. The monoisotopic (exact) mass is 440 g/mol. The number of nitrogens with one attached hydrogen (secondary N) is 1. The molecule has 0 bridgehead atoms. The van der Waals surface area contributed by atoms with Gasteiger partial charge in [0.05, 0.1) is 18.6 Å². The Morgan fingerprint density at radius 2 is 1.78 bits per heavy atom. The van der Waals surface area contributed by atoms with Crippen LogP contribution in [0.5, 0.6) is 0 Å². The van der Waals surface area contributed by atoms with Gasteiger partial charge in [0.1, 0.15) is 5.82 Å². The minimum atomic E-state index is -0.965. The second kappa shape index (κ2) is 9.69. The fourth-order valence-electron chi connectivity index (χ4n) is 4.52. The number of esters is 1. The molecule has 1 N–H and O–H groups in total. The Kier molecular flexibility index (Phi) is 6.74. The third-order valence-corrected chi connectivity index (χ3v) is 6.39. The van der Waals surface area contributed by atoms with Gasteiger partial charge >= 0.3 is 5.97 Å². The van der Waals surface area contributed by atoms with Crippen LogP contribution >= 0.6 is 0 Å². The fourth-order valence-corrected chi connectivity index (χ4v) is 4.52. The standard InChI is InChI=1S/C25H29FN2O4/c1-18(23(29)27-21-7-9-22(10-8-21)28-13-15-31-16-14-28)32-24(30)25(11-2-3-12-25)19-5-4-6-20(26)17-19/h4-10,17-18H,2-3,11-16H2,1H3,(H,27,29)/t18-/m0/s1. The van der Waals surface area contributed by atoms with Crippen LogP contribution in [0.1, 0.15) is 38.2 Å². The van der Waals surface area contributed by atoms with Gasteiger partial charge in [-0.15, -0.1) is 0 Å². The molecule has 0 aromatic heterocycles. The lowest BCUT2D eigenvalue weighted by atomic mass is 9.79. The van der Waals surface area contributed by atoms with E-state index in [0.717, 1.165) is 31.6 Å². The third kappa shape index (κ3) is 4.78. The van der Waals surface area contributed by atoms with Gasteiger partial charge in [0.2, 0.25) is 0 Å². The zero-order valence-electron chi connectivity index (χ0n) is 18.3. The van der Waals surface area contributed by atoms with Gasteiger partial charge in [-0.1, -0.05) is 25.0 Å². The first kappa shape index (κ1) is 22.3. The van der Waals surface area contributed by atoms with Crippen LogP contribution in [-0.2, 0) is 24.5 Å². The SMILES string of the molecule is C[C@H](OC(=O)C1(c2cccc(F)c2)CCCC1)C(=O)Nc1ccc(N2CCOCC2)cc1. The molecule has 0 spiro atoms. The lowest BCUT2D eigenvalue weighted by Gasteiger charge is -2.29. The number of carbonyl (C=O) groups excluding carboxylic acids is 2. The Morgan fingerprint density at radius 3 is 2.44 bits per heavy atom. The molecule has 32 heavy (non-hydrogen) atoms. The van der Waals surface area contributed by atoms with Crippen LogP contribution in [0.3, 0.4) is 0 Å². The second-order valence-corrected chi connectivity index (χ2v) is 8.48. The molecule has 1 saturated carbocycles. The molecule has 2 aromatic rings. The average Bonchev–Trinajstić information content (AvgIpc) is 3.31. The van der Waals surface area contributed by atoms with Crippen LogP contribution in [0, 0.1) is 5.82 Å². The fraction of sp³-hybridized carbons (Fsp3) is 0.440. The van der Waals surface area contributed by atoms with Crippen LogP contribution in [0.2, 0.25) is 0 Å². The van der Waals surface area contributed by atoms with Gasteiger partial charge in [0, 0.05) is 24.5 Å². The third-order valence-electron chi connectivity index (χ3n) is 6.39. The second-order valence-electron chi connectivity index (χ2n) is 8.48. The van der Waals surface area contributed by atoms with Crippen molar-refractivity contribution in [2.45, 2.75) is 44.1 Å². The summed E-state index contributed by atoms with van der Waals surface area (Å²) in [5, 5.41) is 2.81. The normalized spacial score (nSPS) is 18.8. The molecule has 6 nitrogen and oxygen atoms in total. The first-order valence-electron chi connectivity index (χ1n) is 11.2. The number of anilines is 2. The molecule has 0 unspecified atom stereocenters. The number of hydrogen-bond donors (Lipinski definition) is 1. The Labute approximate surface area is 187 Å². The summed E-state index contributed by atoms with van der Waals surface area (Å²) in [5.74, 6) is -1.25. The van der Waals surface area contributed by atoms with E-state index >= 15 is 0 Å². The molecule has 4 rings (SSSR count). The molecular weight excluding hydrogens is 411 g/mol. The minimum absolute atomic E-state index is 0.382. The van der Waals surface area contributed by atoms with Crippen molar-refractivity contribution in [3.8, 4) is 0 Å². The van der Waals surface area contributed by atoms with E-state index in [9.17, 15) is 14.0 Å². The Hall–Kier alpha value is -2.93. The summed E-state index contributed by atoms with van der Waals surface area (Å²) in [6.45, 7) is 4.65. The summed E-state index contributed by atoms with van der Waals surface area (Å²) in [7, 11) is 0. The molecule has 1 heterocycles. The largest absolute Gasteiger partial charge is 0.452 e. The maximum atomic E-state index is 13.8. The summed E-state index contributed by atoms with van der Waals surface area (Å²) in [4.78, 5) is 28.0. The molecule has 1 saturated heterocycles. The van der Waals surface area contributed by atoms with E-state index in [0.29, 0.717) is 37.3 Å². The van der Waals surface area contributed by atoms with E-state index in [4.69, 9.17) is 9.47 Å². The first-order chi connectivity index (χ1) is 15.5. The van der Waals surface area contributed by atoms with E-state index in [1.165, 1.54) is 12.1 Å². The summed E-state index contributed by atoms with van der Waals surface area (Å²) >= 11 is 0. The number of amides is 1. The van der Waals surface area contributed by atoms with Crippen LogP contribution in [0.4, 0.5) is 15.8 Å². The lowest BCUT2D eigenvalue weighted by molar-refractivity contribution is -0.159. The molecule has 170 valence electrons. The average molecular weight is 441 g/mol. The van der Waals surface area contributed by atoms with Crippen LogP contribution < -0.4 is 10.2 Å². The van der Waals surface area contributed by atoms with E-state index in [-0.39, 0.29) is 5.82 Å². The molecular formula is C25H29FN2O4. The van der Waals surface area contributed by atoms with Crippen molar-refractivity contribution < 1.29 is 23.5 Å². The lowest BCUT2D eigenvalue weighted by Crippen LogP contribution is -2.40. The zero-order valence-corrected chi connectivity index (χ0v) is 18.3. The van der Waals surface area contributed by atoms with Crippen molar-refractivity contribution in [1.82, 2.24) is 0 Å². The van der Waals surface area contributed by atoms with Gasteiger partial charge in [-0.05, 0) is 61.7 Å². The highest BCUT2D eigenvalue weighted by molar-refractivity contribution is 5.96. The Bertz CT molecular complexity index is 951. The van der Waals surface area contributed by atoms with Crippen molar-refractivity contribution in [3.63, 3.8) is 0 Å². The van der Waals surface area contributed by atoms with E-state index in [1.54, 1.807) is 19.1 Å². The molecule has 2 aliphatic rings. The van der Waals surface area contributed by atoms with Gasteiger partial charge in [-0.3, -0.25) is 9.59 Å². The maximum absolute atomic E-state index is 13.8. The van der Waals surface area contributed by atoms with Crippen LogP contribution in [0.25, 0.3) is 0 Å². The molecule has 1 aliphatic carbocycles. The van der Waals surface area contributed by atoms with Crippen molar-refractivity contribution in [2.75, 3.05) is 36.5 Å². The number of hydrogen-bond acceptors (Lipinski definition) is 5. The zero-order chi connectivity index (χ0) is 22.6. The molecule has 1 amide bonds. The highest BCUT2D eigenvalue weighted by Gasteiger charge is 2.45. The molecule has 1 aliphatic heterocycles. The topological polar surface area (TPSA) is 67.9 Å². The Morgan fingerprint density at radius 1 is 1.09 bits per heavy atom. The number of morpholine rings is 1. The van der Waals surface area contributed by atoms with E-state index in [2.05, 4.69) is 10.2 Å². The number of rotatable bonds is 6. The first-order valence-corrected chi connectivity index (χ1v) is 11.2. The quantitative estimate of drug-likeness (QED) is 0.687. The maximum Gasteiger partial charge on any atom is 0.317 e. The van der Waals surface area contributed by atoms with Gasteiger partial charge in [-0.25, -0.2) is 4.39 Å². The van der Waals surface area contributed by atoms with Gasteiger partial charge in [0.25, 0.3) is 5.91 Å². The molecule has 0 radical (unpaired) electrons. The van der Waals surface area contributed by atoms with Gasteiger partial charge < -0.3 is 19.7 Å². The van der Waals surface area contributed by atoms with Gasteiger partial charge in [-0.2, -0.15) is 0 Å². The van der Waals surface area contributed by atoms with E-state index in [1.807, 2.05) is 24.3 Å². The molecule has 7 heteroatoms. The molecule has 1 atom stereocenters. The van der Waals surface area contributed by atoms with Crippen molar-refractivity contribution in [3.05, 3.63) is 59.9 Å². The highest BCUT2D eigenvalue weighted by Crippen LogP contribution is 2.42. The summed E-state index contributed by atoms with van der Waals surface area (Å²) in [6.07, 6.45) is 1.94. The number of benzene rings is 2. The molecule has 2 aromatic carbocycles. The molecule has 2 fully saturated rings. The van der Waals surface area contributed by atoms with Crippen molar-refractivity contribution in [2.24, 2.45) is 0 Å². The predicted octanol–water partition coefficient (Wildman–Crippen LogP) is 4.04. The van der Waals surface area contributed by atoms with Crippen LogP contribution in [-0.4, -0.2) is 44.3 Å². The van der Waals surface area contributed by atoms with Crippen molar-refractivity contribution in [1.29, 1.82) is 0 Å². The predicted molar refractivity (Wildman–Crippen MR) is 120 cm³/mol. The van der Waals surface area contributed by atoms with Crippen molar-refractivity contribution >= 4 is 23.3 Å². The summed E-state index contributed by atoms with van der Waals surface area (Å²) in [5.41, 5.74) is 1.43. The van der Waals surface area contributed by atoms with Crippen LogP contribution in [0.15, 0.2) is 48.5 Å².